The number of hydrogen-bond donors (Lipinski definition) is 4. The SMILES string of the molecule is CC1N=C(N)NC(Nc2ccc[nH]2)=N1. The highest BCUT2D eigenvalue weighted by Gasteiger charge is 2.10. The lowest BCUT2D eigenvalue weighted by atomic mass is 10.5. The predicted octanol–water partition coefficient (Wildman–Crippen LogP) is 0.0465. The van der Waals surface area contributed by atoms with E-state index < -0.39 is 0 Å². The van der Waals surface area contributed by atoms with E-state index in [0.29, 0.717) is 11.9 Å². The molecule has 0 spiro atoms. The molecule has 2 heterocycles. The fourth-order valence-corrected chi connectivity index (χ4v) is 1.20. The Morgan fingerprint density at radius 2 is 2.36 bits per heavy atom. The normalized spacial score (nSPS) is 20.8. The number of H-pyrrole nitrogens is 1. The van der Waals surface area contributed by atoms with Gasteiger partial charge in [-0.2, -0.15) is 0 Å². The molecule has 0 radical (unpaired) electrons. The van der Waals surface area contributed by atoms with E-state index in [4.69, 9.17) is 5.73 Å². The highest BCUT2D eigenvalue weighted by atomic mass is 15.3. The van der Waals surface area contributed by atoms with Gasteiger partial charge in [0.2, 0.25) is 5.96 Å². The van der Waals surface area contributed by atoms with Crippen LogP contribution in [0.3, 0.4) is 0 Å². The van der Waals surface area contributed by atoms with Gasteiger partial charge in [0.15, 0.2) is 5.96 Å². The lowest BCUT2D eigenvalue weighted by Gasteiger charge is -2.16. The Hall–Kier alpha value is -1.98. The van der Waals surface area contributed by atoms with E-state index in [1.54, 1.807) is 0 Å². The molecule has 1 aromatic rings. The maximum absolute atomic E-state index is 5.55. The van der Waals surface area contributed by atoms with Crippen LogP contribution in [0.4, 0.5) is 5.82 Å². The van der Waals surface area contributed by atoms with Gasteiger partial charge in [0.05, 0.1) is 0 Å². The van der Waals surface area contributed by atoms with Crippen LogP contribution in [-0.2, 0) is 0 Å². The Morgan fingerprint density at radius 3 is 3.00 bits per heavy atom. The molecule has 0 aliphatic carbocycles. The van der Waals surface area contributed by atoms with Crippen molar-refractivity contribution in [2.75, 3.05) is 5.32 Å². The quantitative estimate of drug-likeness (QED) is 0.506. The summed E-state index contributed by atoms with van der Waals surface area (Å²) in [5, 5.41) is 5.88. The summed E-state index contributed by atoms with van der Waals surface area (Å²) in [7, 11) is 0. The fraction of sp³-hybridized carbons (Fsp3) is 0.250. The van der Waals surface area contributed by atoms with Gasteiger partial charge < -0.3 is 16.0 Å². The van der Waals surface area contributed by atoms with Crippen molar-refractivity contribution in [3.05, 3.63) is 18.3 Å². The molecule has 2 rings (SSSR count). The summed E-state index contributed by atoms with van der Waals surface area (Å²) in [6.07, 6.45) is 1.68. The molecule has 0 bridgehead atoms. The molecule has 0 amide bonds. The van der Waals surface area contributed by atoms with Gasteiger partial charge in [0.1, 0.15) is 12.0 Å². The van der Waals surface area contributed by atoms with Gasteiger partial charge in [-0.05, 0) is 19.1 Å². The van der Waals surface area contributed by atoms with Crippen molar-refractivity contribution in [2.24, 2.45) is 15.7 Å². The van der Waals surface area contributed by atoms with E-state index in [1.165, 1.54) is 0 Å². The maximum atomic E-state index is 5.55. The van der Waals surface area contributed by atoms with Crippen LogP contribution in [0.5, 0.6) is 0 Å². The number of hydrogen-bond acceptors (Lipinski definition) is 5. The zero-order valence-electron chi connectivity index (χ0n) is 7.78. The summed E-state index contributed by atoms with van der Waals surface area (Å²) in [5.41, 5.74) is 5.55. The summed E-state index contributed by atoms with van der Waals surface area (Å²) >= 11 is 0. The number of nitrogens with zero attached hydrogens (tertiary/aromatic N) is 2. The molecule has 5 N–H and O–H groups in total. The lowest BCUT2D eigenvalue weighted by molar-refractivity contribution is 0.766. The molecule has 1 aromatic heterocycles. The summed E-state index contributed by atoms with van der Waals surface area (Å²) in [5.74, 6) is 1.84. The third-order valence-corrected chi connectivity index (χ3v) is 1.74. The van der Waals surface area contributed by atoms with E-state index in [-0.39, 0.29) is 6.17 Å². The van der Waals surface area contributed by atoms with Gasteiger partial charge in [-0.25, -0.2) is 9.98 Å². The van der Waals surface area contributed by atoms with E-state index in [0.717, 1.165) is 5.82 Å². The van der Waals surface area contributed by atoms with E-state index in [1.807, 2.05) is 25.3 Å². The average Bonchev–Trinajstić information content (AvgIpc) is 2.54. The first-order chi connectivity index (χ1) is 6.74. The van der Waals surface area contributed by atoms with Crippen molar-refractivity contribution >= 4 is 17.7 Å². The van der Waals surface area contributed by atoms with E-state index >= 15 is 0 Å². The molecular weight excluding hydrogens is 180 g/mol. The molecule has 1 aliphatic heterocycles. The molecule has 1 unspecified atom stereocenters. The van der Waals surface area contributed by atoms with E-state index in [9.17, 15) is 0 Å². The Bertz CT molecular complexity index is 363. The number of aromatic nitrogens is 1. The molecule has 14 heavy (non-hydrogen) atoms. The smallest absolute Gasteiger partial charge is 0.205 e. The highest BCUT2D eigenvalue weighted by Crippen LogP contribution is 2.03. The molecule has 74 valence electrons. The largest absolute Gasteiger partial charge is 0.370 e. The molecule has 0 aromatic carbocycles. The second-order valence-corrected chi connectivity index (χ2v) is 2.96. The van der Waals surface area contributed by atoms with Gasteiger partial charge in [-0.3, -0.25) is 5.32 Å². The molecule has 6 nitrogen and oxygen atoms in total. The Morgan fingerprint density at radius 1 is 1.50 bits per heavy atom. The second-order valence-electron chi connectivity index (χ2n) is 2.96. The molecule has 1 aliphatic rings. The molecule has 0 saturated heterocycles. The highest BCUT2D eigenvalue weighted by molar-refractivity contribution is 6.05. The number of nitrogens with one attached hydrogen (secondary N) is 3. The van der Waals surface area contributed by atoms with Crippen molar-refractivity contribution in [3.63, 3.8) is 0 Å². The van der Waals surface area contributed by atoms with Gasteiger partial charge >= 0.3 is 0 Å². The molecular formula is C8H12N6. The monoisotopic (exact) mass is 192 g/mol. The summed E-state index contributed by atoms with van der Waals surface area (Å²) in [6.45, 7) is 1.87. The van der Waals surface area contributed by atoms with Crippen LogP contribution in [0.2, 0.25) is 0 Å². The van der Waals surface area contributed by atoms with Gasteiger partial charge in [-0.15, -0.1) is 0 Å². The van der Waals surface area contributed by atoms with Crippen LogP contribution in [0.25, 0.3) is 0 Å². The van der Waals surface area contributed by atoms with Crippen LogP contribution in [0.1, 0.15) is 6.92 Å². The van der Waals surface area contributed by atoms with Crippen molar-refractivity contribution in [3.8, 4) is 0 Å². The molecule has 0 fully saturated rings. The van der Waals surface area contributed by atoms with Gasteiger partial charge in [0, 0.05) is 6.20 Å². The lowest BCUT2D eigenvalue weighted by Crippen LogP contribution is -2.44. The maximum Gasteiger partial charge on any atom is 0.205 e. The number of aromatic amines is 1. The summed E-state index contributed by atoms with van der Waals surface area (Å²) < 4.78 is 0. The third-order valence-electron chi connectivity index (χ3n) is 1.74. The average molecular weight is 192 g/mol. The number of guanidine groups is 2. The molecule has 1 atom stereocenters. The fourth-order valence-electron chi connectivity index (χ4n) is 1.20. The van der Waals surface area contributed by atoms with Crippen molar-refractivity contribution in [1.29, 1.82) is 0 Å². The Labute approximate surface area is 81.3 Å². The first-order valence-corrected chi connectivity index (χ1v) is 4.32. The Balaban J connectivity index is 2.06. The summed E-state index contributed by atoms with van der Waals surface area (Å²) in [4.78, 5) is 11.2. The minimum Gasteiger partial charge on any atom is -0.370 e. The van der Waals surface area contributed by atoms with Crippen LogP contribution >= 0.6 is 0 Å². The van der Waals surface area contributed by atoms with Crippen molar-refractivity contribution < 1.29 is 0 Å². The standard InChI is InChI=1S/C8H12N6/c1-5-11-7(9)14-8(12-5)13-6-3-2-4-10-6/h2-5,10H,1H3,(H4,9,11,12,13,14). The number of rotatable bonds is 1. The minimum atomic E-state index is -0.145. The number of aliphatic imine (C=N–C) groups is 2. The van der Waals surface area contributed by atoms with Crippen LogP contribution < -0.4 is 16.4 Å². The van der Waals surface area contributed by atoms with Crippen LogP contribution in [-0.4, -0.2) is 23.1 Å². The third kappa shape index (κ3) is 1.85. The number of anilines is 1. The zero-order valence-corrected chi connectivity index (χ0v) is 7.78. The topological polar surface area (TPSA) is 90.6 Å². The second kappa shape index (κ2) is 3.41. The zero-order chi connectivity index (χ0) is 9.97. The van der Waals surface area contributed by atoms with Gasteiger partial charge in [-0.1, -0.05) is 0 Å². The van der Waals surface area contributed by atoms with Crippen molar-refractivity contribution in [2.45, 2.75) is 13.1 Å². The van der Waals surface area contributed by atoms with Crippen LogP contribution in [0.15, 0.2) is 28.3 Å². The minimum absolute atomic E-state index is 0.145. The van der Waals surface area contributed by atoms with E-state index in [2.05, 4.69) is 25.6 Å². The first kappa shape index (κ1) is 8.61. The van der Waals surface area contributed by atoms with Crippen molar-refractivity contribution in [1.82, 2.24) is 10.3 Å². The predicted molar refractivity (Wildman–Crippen MR) is 56.1 cm³/mol. The Kier molecular flexibility index (Phi) is 2.10. The molecule has 0 saturated carbocycles. The summed E-state index contributed by atoms with van der Waals surface area (Å²) in [6, 6.07) is 3.80. The first-order valence-electron chi connectivity index (χ1n) is 4.32. The molecule has 6 heteroatoms. The number of nitrogens with two attached hydrogens (primary N) is 1. The van der Waals surface area contributed by atoms with Gasteiger partial charge in [0.25, 0.3) is 0 Å². The van der Waals surface area contributed by atoms with Crippen LogP contribution in [0, 0.1) is 0 Å².